The highest BCUT2D eigenvalue weighted by Gasteiger charge is 2.58. The van der Waals surface area contributed by atoms with Gasteiger partial charge in [-0.25, -0.2) is 0 Å². The Kier molecular flexibility index (Phi) is 2.80. The number of hydrogen-bond acceptors (Lipinski definition) is 2. The van der Waals surface area contributed by atoms with E-state index >= 15 is 0 Å². The lowest BCUT2D eigenvalue weighted by molar-refractivity contribution is -0.207. The Morgan fingerprint density at radius 1 is 0.833 bits per heavy atom. The summed E-state index contributed by atoms with van der Waals surface area (Å²) in [4.78, 5) is 13.1. The summed E-state index contributed by atoms with van der Waals surface area (Å²) in [5.74, 6) is 6.64. The van der Waals surface area contributed by atoms with Crippen LogP contribution in [-0.2, 0) is 9.53 Å². The van der Waals surface area contributed by atoms with Crippen LogP contribution < -0.4 is 0 Å². The van der Waals surface area contributed by atoms with Crippen LogP contribution in [0.3, 0.4) is 0 Å². The lowest BCUT2D eigenvalue weighted by Gasteiger charge is -2.59. The molecule has 7 rings (SSSR count). The third-order valence-corrected chi connectivity index (χ3v) is 9.33. The summed E-state index contributed by atoms with van der Waals surface area (Å²) in [6, 6.07) is 0. The van der Waals surface area contributed by atoms with Gasteiger partial charge in [0.25, 0.3) is 0 Å². The van der Waals surface area contributed by atoms with Gasteiger partial charge in [-0.3, -0.25) is 4.79 Å². The molecule has 0 aromatic heterocycles. The molecule has 0 amide bonds. The first-order chi connectivity index (χ1) is 11.6. The Balaban J connectivity index is 1.18. The normalized spacial score (nSPS) is 59.1. The van der Waals surface area contributed by atoms with Crippen molar-refractivity contribution in [2.45, 2.75) is 63.9 Å². The van der Waals surface area contributed by atoms with Crippen LogP contribution >= 0.6 is 0 Å². The summed E-state index contributed by atoms with van der Waals surface area (Å²) >= 11 is 0. The first-order valence-corrected chi connectivity index (χ1v) is 10.5. The Bertz CT molecular complexity index is 557. The van der Waals surface area contributed by atoms with Gasteiger partial charge in [-0.2, -0.15) is 0 Å². The first-order valence-electron chi connectivity index (χ1n) is 10.5. The Labute approximate surface area is 145 Å². The molecule has 0 aromatic carbocycles. The van der Waals surface area contributed by atoms with Crippen molar-refractivity contribution in [2.24, 2.45) is 53.3 Å². The smallest absolute Gasteiger partial charge is 0.309 e. The highest BCUT2D eigenvalue weighted by molar-refractivity contribution is 5.73. The summed E-state index contributed by atoms with van der Waals surface area (Å²) in [6.07, 6.45) is 15.2. The average molecular weight is 326 g/mol. The van der Waals surface area contributed by atoms with Crippen molar-refractivity contribution in [1.82, 2.24) is 0 Å². The zero-order valence-corrected chi connectivity index (χ0v) is 14.8. The molecule has 2 nitrogen and oxygen atoms in total. The van der Waals surface area contributed by atoms with Crippen molar-refractivity contribution in [3.8, 4) is 0 Å². The van der Waals surface area contributed by atoms with E-state index in [0.717, 1.165) is 48.3 Å². The molecule has 2 heteroatoms. The van der Waals surface area contributed by atoms with Crippen LogP contribution in [0.25, 0.3) is 0 Å². The third kappa shape index (κ3) is 1.81. The molecule has 0 spiro atoms. The van der Waals surface area contributed by atoms with Crippen LogP contribution in [0.15, 0.2) is 12.2 Å². The molecule has 0 saturated heterocycles. The Morgan fingerprint density at radius 3 is 1.92 bits per heavy atom. The topological polar surface area (TPSA) is 26.3 Å². The molecule has 24 heavy (non-hydrogen) atoms. The van der Waals surface area contributed by atoms with Crippen LogP contribution in [0, 0.1) is 53.3 Å². The predicted octanol–water partition coefficient (Wildman–Crippen LogP) is 4.59. The van der Waals surface area contributed by atoms with Gasteiger partial charge in [-0.1, -0.05) is 12.2 Å². The molecule has 0 radical (unpaired) electrons. The molecular weight excluding hydrogens is 296 g/mol. The van der Waals surface area contributed by atoms with Gasteiger partial charge in [-0.05, 0) is 106 Å². The molecule has 6 fully saturated rings. The number of carbonyl (C=O) groups is 1. The second-order valence-corrected chi connectivity index (χ2v) is 10.4. The van der Waals surface area contributed by atoms with Gasteiger partial charge in [0, 0.05) is 0 Å². The number of esters is 1. The van der Waals surface area contributed by atoms with Crippen LogP contribution in [0.2, 0.25) is 0 Å². The first kappa shape index (κ1) is 14.4. The summed E-state index contributed by atoms with van der Waals surface area (Å²) in [6.45, 7) is 2.29. The molecule has 7 aliphatic rings. The van der Waals surface area contributed by atoms with Crippen LogP contribution in [0.4, 0.5) is 0 Å². The van der Waals surface area contributed by atoms with E-state index in [9.17, 15) is 4.79 Å². The van der Waals surface area contributed by atoms with Crippen LogP contribution in [0.1, 0.15) is 58.3 Å². The van der Waals surface area contributed by atoms with Crippen molar-refractivity contribution in [3.05, 3.63) is 12.2 Å². The van der Waals surface area contributed by atoms with Crippen molar-refractivity contribution in [1.29, 1.82) is 0 Å². The summed E-state index contributed by atoms with van der Waals surface area (Å²) < 4.78 is 6.40. The second kappa shape index (κ2) is 4.68. The van der Waals surface area contributed by atoms with E-state index in [4.69, 9.17) is 4.74 Å². The van der Waals surface area contributed by atoms with Gasteiger partial charge in [0.05, 0.1) is 5.92 Å². The SMILES string of the molecule is CC1(OC(=O)C2CC3C4C=CC(C4)C3C2)C2CC3CC(C2)CC1C3. The van der Waals surface area contributed by atoms with E-state index in [1.165, 1.54) is 38.5 Å². The van der Waals surface area contributed by atoms with E-state index in [-0.39, 0.29) is 17.5 Å². The molecular formula is C22H30O2. The monoisotopic (exact) mass is 326 g/mol. The minimum absolute atomic E-state index is 0.139. The number of allylic oxidation sites excluding steroid dienone is 2. The minimum atomic E-state index is -0.139. The quantitative estimate of drug-likeness (QED) is 0.548. The molecule has 0 aromatic rings. The van der Waals surface area contributed by atoms with Crippen molar-refractivity contribution < 1.29 is 9.53 Å². The van der Waals surface area contributed by atoms with Crippen molar-refractivity contribution in [3.63, 3.8) is 0 Å². The van der Waals surface area contributed by atoms with Gasteiger partial charge in [0.2, 0.25) is 0 Å². The van der Waals surface area contributed by atoms with Crippen molar-refractivity contribution >= 4 is 5.97 Å². The largest absolute Gasteiger partial charge is 0.459 e. The van der Waals surface area contributed by atoms with Gasteiger partial charge >= 0.3 is 5.97 Å². The summed E-state index contributed by atoms with van der Waals surface area (Å²) in [5, 5.41) is 0. The average Bonchev–Trinajstić information content (AvgIpc) is 3.24. The summed E-state index contributed by atoms with van der Waals surface area (Å²) in [7, 11) is 0. The van der Waals surface area contributed by atoms with Crippen LogP contribution in [0.5, 0.6) is 0 Å². The molecule has 4 atom stereocenters. The van der Waals surface area contributed by atoms with Crippen molar-refractivity contribution in [2.75, 3.05) is 0 Å². The van der Waals surface area contributed by atoms with E-state index in [2.05, 4.69) is 19.1 Å². The van der Waals surface area contributed by atoms with E-state index in [1.807, 2.05) is 0 Å². The highest BCUT2D eigenvalue weighted by Crippen LogP contribution is 2.61. The molecule has 6 bridgehead atoms. The zero-order valence-electron chi connectivity index (χ0n) is 14.8. The van der Waals surface area contributed by atoms with E-state index in [1.54, 1.807) is 0 Å². The molecule has 130 valence electrons. The second-order valence-electron chi connectivity index (χ2n) is 10.4. The number of fused-ring (bicyclic) bond motifs is 5. The van der Waals surface area contributed by atoms with Gasteiger partial charge in [0.15, 0.2) is 0 Å². The maximum absolute atomic E-state index is 13.1. The molecule has 7 aliphatic carbocycles. The number of ether oxygens (including phenoxy) is 1. The number of carbonyl (C=O) groups excluding carboxylic acids is 1. The van der Waals surface area contributed by atoms with Gasteiger partial charge in [-0.15, -0.1) is 0 Å². The lowest BCUT2D eigenvalue weighted by Crippen LogP contribution is -2.58. The fourth-order valence-corrected chi connectivity index (χ4v) is 8.26. The fourth-order valence-electron chi connectivity index (χ4n) is 8.26. The van der Waals surface area contributed by atoms with E-state index < -0.39 is 0 Å². The maximum atomic E-state index is 13.1. The molecule has 6 saturated carbocycles. The predicted molar refractivity (Wildman–Crippen MR) is 92.0 cm³/mol. The Hall–Kier alpha value is -0.790. The fraction of sp³-hybridized carbons (Fsp3) is 0.864. The third-order valence-electron chi connectivity index (χ3n) is 9.33. The standard InChI is InChI=1S/C22H30O2/c1-22(17-5-12-4-13(7-17)8-18(22)6-12)24-21(23)16-10-19-14-2-3-15(9-14)20(19)11-16/h2-3,12-20H,4-11H2,1H3. The number of rotatable bonds is 2. The highest BCUT2D eigenvalue weighted by atomic mass is 16.6. The lowest BCUT2D eigenvalue weighted by atomic mass is 9.50. The zero-order chi connectivity index (χ0) is 16.1. The molecule has 0 heterocycles. The van der Waals surface area contributed by atoms with Crippen LogP contribution in [-0.4, -0.2) is 11.6 Å². The van der Waals surface area contributed by atoms with Gasteiger partial charge in [0.1, 0.15) is 5.60 Å². The summed E-state index contributed by atoms with van der Waals surface area (Å²) in [5.41, 5.74) is -0.139. The minimum Gasteiger partial charge on any atom is -0.459 e. The van der Waals surface area contributed by atoms with Gasteiger partial charge < -0.3 is 4.74 Å². The molecule has 0 aliphatic heterocycles. The maximum Gasteiger partial charge on any atom is 0.309 e. The number of hydrogen-bond donors (Lipinski definition) is 0. The molecule has 0 N–H and O–H groups in total. The Morgan fingerprint density at radius 2 is 1.38 bits per heavy atom. The molecule has 4 unspecified atom stereocenters. The van der Waals surface area contributed by atoms with E-state index in [0.29, 0.717) is 11.8 Å².